The first-order chi connectivity index (χ1) is 8.15. The number of carbonyl (C=O) groups excluding carboxylic acids is 1. The minimum absolute atomic E-state index is 0.0586. The molecule has 0 radical (unpaired) electrons. The summed E-state index contributed by atoms with van der Waals surface area (Å²) >= 11 is 0. The molecule has 0 aromatic heterocycles. The van der Waals surface area contributed by atoms with E-state index in [-0.39, 0.29) is 5.91 Å². The van der Waals surface area contributed by atoms with Crippen LogP contribution in [0.15, 0.2) is 24.3 Å². The fourth-order valence-corrected chi connectivity index (χ4v) is 2.21. The van der Waals surface area contributed by atoms with Gasteiger partial charge in [0.2, 0.25) is 0 Å². The first-order valence-corrected chi connectivity index (χ1v) is 6.21. The van der Waals surface area contributed by atoms with Crippen molar-refractivity contribution in [3.05, 3.63) is 35.4 Å². The van der Waals surface area contributed by atoms with Gasteiger partial charge in [-0.1, -0.05) is 17.7 Å². The third-order valence-electron chi connectivity index (χ3n) is 3.33. The minimum Gasteiger partial charge on any atom is -0.349 e. The molecule has 17 heavy (non-hydrogen) atoms. The number of aryl methyl sites for hydroxylation is 1. The van der Waals surface area contributed by atoms with Crippen molar-refractivity contribution in [1.29, 1.82) is 0 Å². The zero-order chi connectivity index (χ0) is 12.3. The van der Waals surface area contributed by atoms with Gasteiger partial charge in [0.25, 0.3) is 5.91 Å². The van der Waals surface area contributed by atoms with Crippen LogP contribution in [0.5, 0.6) is 0 Å². The summed E-state index contributed by atoms with van der Waals surface area (Å²) in [5, 5.41) is 3.12. The second-order valence-corrected chi connectivity index (χ2v) is 4.92. The van der Waals surface area contributed by atoms with E-state index in [2.05, 4.69) is 17.3 Å². The first-order valence-electron chi connectivity index (χ1n) is 6.21. The summed E-state index contributed by atoms with van der Waals surface area (Å²) < 4.78 is 0. The van der Waals surface area contributed by atoms with Gasteiger partial charge in [-0.15, -0.1) is 0 Å². The standard InChI is InChI=1S/C14H20N2O/c1-11-4-3-5-12(10-11)14(17)15-13-6-8-16(2)9-7-13/h3-5,10,13H,6-9H2,1-2H3,(H,15,17). The molecule has 0 unspecified atom stereocenters. The molecule has 0 atom stereocenters. The molecule has 0 saturated carbocycles. The van der Waals surface area contributed by atoms with Gasteiger partial charge in [0.05, 0.1) is 0 Å². The molecule has 1 aromatic carbocycles. The summed E-state index contributed by atoms with van der Waals surface area (Å²) in [7, 11) is 2.12. The monoisotopic (exact) mass is 232 g/mol. The second kappa shape index (κ2) is 5.32. The van der Waals surface area contributed by atoms with Gasteiger partial charge in [-0.3, -0.25) is 4.79 Å². The van der Waals surface area contributed by atoms with E-state index < -0.39 is 0 Å². The Morgan fingerprint density at radius 3 is 2.71 bits per heavy atom. The number of hydrogen-bond acceptors (Lipinski definition) is 2. The van der Waals surface area contributed by atoms with Crippen molar-refractivity contribution in [3.63, 3.8) is 0 Å². The van der Waals surface area contributed by atoms with Crippen molar-refractivity contribution in [2.24, 2.45) is 0 Å². The molecule has 0 aliphatic carbocycles. The second-order valence-electron chi connectivity index (χ2n) is 4.92. The highest BCUT2D eigenvalue weighted by Gasteiger charge is 2.18. The molecule has 1 aliphatic heterocycles. The van der Waals surface area contributed by atoms with Crippen molar-refractivity contribution in [2.75, 3.05) is 20.1 Å². The van der Waals surface area contributed by atoms with Crippen LogP contribution in [0, 0.1) is 6.92 Å². The summed E-state index contributed by atoms with van der Waals surface area (Å²) in [4.78, 5) is 14.3. The Labute approximate surface area is 103 Å². The van der Waals surface area contributed by atoms with Crippen LogP contribution < -0.4 is 5.32 Å². The molecule has 1 aromatic rings. The SMILES string of the molecule is Cc1cccc(C(=O)NC2CCN(C)CC2)c1. The van der Waals surface area contributed by atoms with Gasteiger partial charge in [0.1, 0.15) is 0 Å². The molecule has 1 heterocycles. The van der Waals surface area contributed by atoms with Crippen LogP contribution in [0.25, 0.3) is 0 Å². The lowest BCUT2D eigenvalue weighted by Crippen LogP contribution is -2.43. The van der Waals surface area contributed by atoms with Crippen molar-refractivity contribution in [1.82, 2.24) is 10.2 Å². The number of benzene rings is 1. The van der Waals surface area contributed by atoms with Gasteiger partial charge < -0.3 is 10.2 Å². The highest BCUT2D eigenvalue weighted by Crippen LogP contribution is 2.10. The zero-order valence-corrected chi connectivity index (χ0v) is 10.6. The lowest BCUT2D eigenvalue weighted by molar-refractivity contribution is 0.0917. The first kappa shape index (κ1) is 12.1. The number of amides is 1. The predicted molar refractivity (Wildman–Crippen MR) is 69.2 cm³/mol. The van der Waals surface area contributed by atoms with Gasteiger partial charge in [0.15, 0.2) is 0 Å². The Kier molecular flexibility index (Phi) is 3.79. The quantitative estimate of drug-likeness (QED) is 0.843. The average Bonchev–Trinajstić information content (AvgIpc) is 2.32. The van der Waals surface area contributed by atoms with Crippen LogP contribution in [0.3, 0.4) is 0 Å². The number of carbonyl (C=O) groups is 1. The Balaban J connectivity index is 1.93. The molecule has 1 saturated heterocycles. The third-order valence-corrected chi connectivity index (χ3v) is 3.33. The molecular formula is C14H20N2O. The Morgan fingerprint density at radius 2 is 2.06 bits per heavy atom. The van der Waals surface area contributed by atoms with Crippen molar-refractivity contribution in [3.8, 4) is 0 Å². The van der Waals surface area contributed by atoms with Gasteiger partial charge in [-0.25, -0.2) is 0 Å². The topological polar surface area (TPSA) is 32.3 Å². The Hall–Kier alpha value is -1.35. The van der Waals surface area contributed by atoms with Gasteiger partial charge in [0, 0.05) is 11.6 Å². The molecule has 1 fully saturated rings. The Morgan fingerprint density at radius 1 is 1.35 bits per heavy atom. The maximum absolute atomic E-state index is 12.0. The number of likely N-dealkylation sites (tertiary alicyclic amines) is 1. The van der Waals surface area contributed by atoms with E-state index in [4.69, 9.17) is 0 Å². The lowest BCUT2D eigenvalue weighted by atomic mass is 10.0. The molecule has 2 rings (SSSR count). The van der Waals surface area contributed by atoms with Gasteiger partial charge in [-0.2, -0.15) is 0 Å². The maximum Gasteiger partial charge on any atom is 0.251 e. The van der Waals surface area contributed by atoms with E-state index in [9.17, 15) is 4.79 Å². The molecule has 1 amide bonds. The zero-order valence-electron chi connectivity index (χ0n) is 10.6. The molecule has 1 N–H and O–H groups in total. The smallest absolute Gasteiger partial charge is 0.251 e. The van der Waals surface area contributed by atoms with Crippen LogP contribution in [0.4, 0.5) is 0 Å². The summed E-state index contributed by atoms with van der Waals surface area (Å²) in [6.45, 7) is 4.14. The summed E-state index contributed by atoms with van der Waals surface area (Å²) in [6.07, 6.45) is 2.10. The molecule has 1 aliphatic rings. The van der Waals surface area contributed by atoms with E-state index in [1.165, 1.54) is 0 Å². The molecular weight excluding hydrogens is 212 g/mol. The highest BCUT2D eigenvalue weighted by molar-refractivity contribution is 5.94. The maximum atomic E-state index is 12.0. The largest absolute Gasteiger partial charge is 0.349 e. The van der Waals surface area contributed by atoms with E-state index >= 15 is 0 Å². The normalized spacial score (nSPS) is 18.0. The molecule has 3 nitrogen and oxygen atoms in total. The fourth-order valence-electron chi connectivity index (χ4n) is 2.21. The summed E-state index contributed by atoms with van der Waals surface area (Å²) in [6, 6.07) is 8.08. The van der Waals surface area contributed by atoms with E-state index in [0.29, 0.717) is 6.04 Å². The number of nitrogens with zero attached hydrogens (tertiary/aromatic N) is 1. The van der Waals surface area contributed by atoms with Crippen molar-refractivity contribution in [2.45, 2.75) is 25.8 Å². The highest BCUT2D eigenvalue weighted by atomic mass is 16.1. The number of nitrogens with one attached hydrogen (secondary N) is 1. The summed E-state index contributed by atoms with van der Waals surface area (Å²) in [5.41, 5.74) is 1.89. The van der Waals surface area contributed by atoms with Crippen molar-refractivity contribution < 1.29 is 4.79 Å². The van der Waals surface area contributed by atoms with Crippen LogP contribution in [-0.4, -0.2) is 37.0 Å². The third kappa shape index (κ3) is 3.30. The molecule has 92 valence electrons. The van der Waals surface area contributed by atoms with Crippen LogP contribution in [0.1, 0.15) is 28.8 Å². The minimum atomic E-state index is 0.0586. The molecule has 0 spiro atoms. The predicted octanol–water partition coefficient (Wildman–Crippen LogP) is 1.82. The number of piperidine rings is 1. The number of hydrogen-bond donors (Lipinski definition) is 1. The van der Waals surface area contributed by atoms with Crippen molar-refractivity contribution >= 4 is 5.91 Å². The molecule has 3 heteroatoms. The van der Waals surface area contributed by atoms with Crippen LogP contribution in [-0.2, 0) is 0 Å². The van der Waals surface area contributed by atoms with Crippen LogP contribution >= 0.6 is 0 Å². The van der Waals surface area contributed by atoms with Gasteiger partial charge in [-0.05, 0) is 52.0 Å². The Bertz CT molecular complexity index is 395. The van der Waals surface area contributed by atoms with Gasteiger partial charge >= 0.3 is 0 Å². The van der Waals surface area contributed by atoms with Crippen LogP contribution in [0.2, 0.25) is 0 Å². The van der Waals surface area contributed by atoms with E-state index in [1.54, 1.807) is 0 Å². The lowest BCUT2D eigenvalue weighted by Gasteiger charge is -2.29. The fraction of sp³-hybridized carbons (Fsp3) is 0.500. The van der Waals surface area contributed by atoms with E-state index in [1.807, 2.05) is 31.2 Å². The summed E-state index contributed by atoms with van der Waals surface area (Å²) in [5.74, 6) is 0.0586. The molecule has 0 bridgehead atoms. The average molecular weight is 232 g/mol. The number of rotatable bonds is 2. The van der Waals surface area contributed by atoms with E-state index in [0.717, 1.165) is 37.1 Å².